The van der Waals surface area contributed by atoms with Crippen molar-refractivity contribution in [2.75, 3.05) is 51.5 Å². The minimum atomic E-state index is -3.71. The number of nitrogens with one attached hydrogen (secondary N) is 1. The molecule has 0 saturated carbocycles. The fraction of sp³-hybridized carbons (Fsp3) is 0.423. The zero-order valence-corrected chi connectivity index (χ0v) is 22.1. The molecule has 11 nitrogen and oxygen atoms in total. The fourth-order valence-corrected chi connectivity index (χ4v) is 5.95. The van der Waals surface area contributed by atoms with Gasteiger partial charge in [-0.25, -0.2) is 13.2 Å². The Bertz CT molecular complexity index is 1330. The second-order valence-corrected chi connectivity index (χ2v) is 11.4. The van der Waals surface area contributed by atoms with Gasteiger partial charge >= 0.3 is 5.97 Å². The van der Waals surface area contributed by atoms with Gasteiger partial charge in [-0.1, -0.05) is 18.2 Å². The van der Waals surface area contributed by atoms with Crippen LogP contribution in [0.25, 0.3) is 0 Å². The molecule has 2 aromatic carbocycles. The highest BCUT2D eigenvalue weighted by atomic mass is 32.2. The largest absolute Gasteiger partial charge is 0.482 e. The molecule has 2 amide bonds. The van der Waals surface area contributed by atoms with Crippen molar-refractivity contribution in [1.82, 2.24) is 9.80 Å². The molecule has 2 aromatic rings. The van der Waals surface area contributed by atoms with Crippen molar-refractivity contribution in [1.29, 1.82) is 0 Å². The van der Waals surface area contributed by atoms with Gasteiger partial charge in [0.1, 0.15) is 11.5 Å². The highest BCUT2D eigenvalue weighted by Crippen LogP contribution is 2.30. The second kappa shape index (κ2) is 11.5. The standard InChI is InChI=1S/C26H31N3O8S/c1-28(25(32)11-17-6-7-23-21(10-17)27-24(31)16-38(23,34)35)22(14-29-9-8-19(30)13-29)18-4-3-5-20(12-18)37-15-26(33)36-2/h3-7,10,12,19,22,30H,8-9,11,13-16H2,1-2H3,(H,27,31)/t19-,22+/m0/s1. The van der Waals surface area contributed by atoms with E-state index in [1.807, 2.05) is 6.07 Å². The molecule has 2 heterocycles. The molecule has 12 heteroatoms. The van der Waals surface area contributed by atoms with Crippen LogP contribution in [-0.4, -0.2) is 93.4 Å². The molecule has 0 aliphatic carbocycles. The summed E-state index contributed by atoms with van der Waals surface area (Å²) in [7, 11) is -0.747. The lowest BCUT2D eigenvalue weighted by atomic mass is 10.0. The van der Waals surface area contributed by atoms with E-state index in [0.29, 0.717) is 37.4 Å². The smallest absolute Gasteiger partial charge is 0.343 e. The fourth-order valence-electron chi connectivity index (χ4n) is 4.65. The Balaban J connectivity index is 1.55. The van der Waals surface area contributed by atoms with Gasteiger partial charge in [-0.2, -0.15) is 0 Å². The Morgan fingerprint density at radius 3 is 2.74 bits per heavy atom. The number of carbonyl (C=O) groups is 3. The molecule has 0 unspecified atom stereocenters. The summed E-state index contributed by atoms with van der Waals surface area (Å²) in [5.41, 5.74) is 1.52. The minimum absolute atomic E-state index is 0.0165. The molecule has 2 N–H and O–H groups in total. The molecule has 2 aliphatic heterocycles. The maximum atomic E-state index is 13.4. The van der Waals surface area contributed by atoms with Crippen LogP contribution in [0.4, 0.5) is 5.69 Å². The first-order chi connectivity index (χ1) is 18.1. The number of β-amino-alcohol motifs (C(OH)–C–C–N with tert-alkyl or cyclic N) is 1. The van der Waals surface area contributed by atoms with Crippen LogP contribution in [0.2, 0.25) is 0 Å². The van der Waals surface area contributed by atoms with Gasteiger partial charge in [-0.3, -0.25) is 14.5 Å². The number of rotatable bonds is 9. The number of benzene rings is 2. The van der Waals surface area contributed by atoms with E-state index in [1.165, 1.54) is 19.2 Å². The van der Waals surface area contributed by atoms with Gasteiger partial charge in [-0.05, 0) is 41.8 Å². The molecular weight excluding hydrogens is 514 g/mol. The van der Waals surface area contributed by atoms with E-state index in [9.17, 15) is 27.9 Å². The number of likely N-dealkylation sites (N-methyl/N-ethyl adjacent to an activating group) is 1. The van der Waals surface area contributed by atoms with E-state index in [1.54, 1.807) is 36.2 Å². The predicted octanol–water partition coefficient (Wildman–Crippen LogP) is 0.773. The number of hydrogen-bond donors (Lipinski definition) is 2. The average Bonchev–Trinajstić information content (AvgIpc) is 3.29. The van der Waals surface area contributed by atoms with Gasteiger partial charge in [-0.15, -0.1) is 0 Å². The number of aliphatic hydroxyl groups excluding tert-OH is 1. The molecule has 2 aliphatic rings. The van der Waals surface area contributed by atoms with Crippen molar-refractivity contribution in [2.45, 2.75) is 29.9 Å². The highest BCUT2D eigenvalue weighted by Gasteiger charge is 2.31. The molecule has 0 radical (unpaired) electrons. The number of ether oxygens (including phenoxy) is 2. The van der Waals surface area contributed by atoms with Crippen molar-refractivity contribution < 1.29 is 37.4 Å². The molecule has 38 heavy (non-hydrogen) atoms. The first kappa shape index (κ1) is 27.6. The van der Waals surface area contributed by atoms with E-state index in [2.05, 4.69) is 15.0 Å². The lowest BCUT2D eigenvalue weighted by molar-refractivity contribution is -0.143. The Morgan fingerprint density at radius 1 is 1.24 bits per heavy atom. The molecule has 0 bridgehead atoms. The van der Waals surface area contributed by atoms with Crippen LogP contribution >= 0.6 is 0 Å². The summed E-state index contributed by atoms with van der Waals surface area (Å²) in [5.74, 6) is -1.50. The highest BCUT2D eigenvalue weighted by molar-refractivity contribution is 7.92. The van der Waals surface area contributed by atoms with Crippen LogP contribution < -0.4 is 10.1 Å². The van der Waals surface area contributed by atoms with Gasteiger partial charge < -0.3 is 24.8 Å². The maximum Gasteiger partial charge on any atom is 0.343 e. The third kappa shape index (κ3) is 6.50. The van der Waals surface area contributed by atoms with E-state index < -0.39 is 39.6 Å². The minimum Gasteiger partial charge on any atom is -0.482 e. The number of amides is 2. The van der Waals surface area contributed by atoms with Crippen LogP contribution in [0, 0.1) is 0 Å². The number of fused-ring (bicyclic) bond motifs is 1. The van der Waals surface area contributed by atoms with Gasteiger partial charge in [0.15, 0.2) is 16.4 Å². The summed E-state index contributed by atoms with van der Waals surface area (Å²) in [6, 6.07) is 11.2. The van der Waals surface area contributed by atoms with E-state index in [-0.39, 0.29) is 29.5 Å². The van der Waals surface area contributed by atoms with Crippen molar-refractivity contribution in [3.05, 3.63) is 53.6 Å². The zero-order chi connectivity index (χ0) is 27.4. The Labute approximate surface area is 221 Å². The molecule has 1 saturated heterocycles. The summed E-state index contributed by atoms with van der Waals surface area (Å²) in [4.78, 5) is 40.5. The second-order valence-electron chi connectivity index (χ2n) is 9.47. The lowest BCUT2D eigenvalue weighted by Gasteiger charge is -2.32. The number of esters is 1. The number of likely N-dealkylation sites (tertiary alicyclic amines) is 1. The summed E-state index contributed by atoms with van der Waals surface area (Å²) in [5, 5.41) is 12.6. The van der Waals surface area contributed by atoms with E-state index >= 15 is 0 Å². The van der Waals surface area contributed by atoms with Crippen molar-refractivity contribution in [3.8, 4) is 5.75 Å². The number of aliphatic hydroxyl groups is 1. The number of anilines is 1. The molecule has 0 aromatic heterocycles. The van der Waals surface area contributed by atoms with E-state index in [0.717, 1.165) is 5.56 Å². The molecule has 204 valence electrons. The van der Waals surface area contributed by atoms with Crippen molar-refractivity contribution >= 4 is 33.3 Å². The maximum absolute atomic E-state index is 13.4. The van der Waals surface area contributed by atoms with E-state index in [4.69, 9.17) is 4.74 Å². The SMILES string of the molecule is COC(=O)COc1cccc([C@@H](CN2CC[C@H](O)C2)N(C)C(=O)Cc2ccc3c(c2)NC(=O)CS3(=O)=O)c1. The Hall–Kier alpha value is -3.48. The summed E-state index contributed by atoms with van der Waals surface area (Å²) in [6.45, 7) is 1.41. The number of nitrogens with zero attached hydrogens (tertiary/aromatic N) is 2. The predicted molar refractivity (Wildman–Crippen MR) is 137 cm³/mol. The molecule has 0 spiro atoms. The first-order valence-electron chi connectivity index (χ1n) is 12.2. The topological polar surface area (TPSA) is 143 Å². The number of methoxy groups -OCH3 is 1. The number of sulfone groups is 1. The normalized spacial score (nSPS) is 19.2. The molecular formula is C26H31N3O8S. The van der Waals surface area contributed by atoms with Gasteiger partial charge in [0, 0.05) is 26.7 Å². The Kier molecular flexibility index (Phi) is 8.34. The lowest BCUT2D eigenvalue weighted by Crippen LogP contribution is -2.39. The third-order valence-electron chi connectivity index (χ3n) is 6.70. The number of carbonyl (C=O) groups excluding carboxylic acids is 3. The molecule has 1 fully saturated rings. The molecule has 2 atom stereocenters. The number of hydrogen-bond acceptors (Lipinski definition) is 9. The van der Waals surface area contributed by atoms with Crippen LogP contribution in [0.5, 0.6) is 5.75 Å². The molecule has 4 rings (SSSR count). The van der Waals surface area contributed by atoms with Gasteiger partial charge in [0.05, 0.1) is 36.3 Å². The van der Waals surface area contributed by atoms with Crippen LogP contribution in [0.3, 0.4) is 0 Å². The quantitative estimate of drug-likeness (QED) is 0.437. The zero-order valence-electron chi connectivity index (χ0n) is 21.3. The summed E-state index contributed by atoms with van der Waals surface area (Å²) < 4.78 is 34.7. The van der Waals surface area contributed by atoms with Gasteiger partial charge in [0.2, 0.25) is 11.8 Å². The van der Waals surface area contributed by atoms with Crippen molar-refractivity contribution in [3.63, 3.8) is 0 Å². The monoisotopic (exact) mass is 545 g/mol. The summed E-state index contributed by atoms with van der Waals surface area (Å²) in [6.07, 6.45) is 0.210. The van der Waals surface area contributed by atoms with Crippen LogP contribution in [-0.2, 0) is 35.4 Å². The van der Waals surface area contributed by atoms with Crippen LogP contribution in [0.15, 0.2) is 47.4 Å². The average molecular weight is 546 g/mol. The van der Waals surface area contributed by atoms with Crippen molar-refractivity contribution in [2.24, 2.45) is 0 Å². The third-order valence-corrected chi connectivity index (χ3v) is 8.36. The summed E-state index contributed by atoms with van der Waals surface area (Å²) >= 11 is 0. The van der Waals surface area contributed by atoms with Crippen LogP contribution in [0.1, 0.15) is 23.6 Å². The first-order valence-corrected chi connectivity index (χ1v) is 13.8. The Morgan fingerprint density at radius 2 is 2.03 bits per heavy atom. The van der Waals surface area contributed by atoms with Gasteiger partial charge in [0.25, 0.3) is 0 Å².